The number of nitrogens with zero attached hydrogens (tertiary/aromatic N) is 2. The van der Waals surface area contributed by atoms with Gasteiger partial charge in [0.25, 0.3) is 0 Å². The van der Waals surface area contributed by atoms with Crippen LogP contribution in [-0.4, -0.2) is 29.1 Å². The molecule has 1 aromatic carbocycles. The molecule has 0 radical (unpaired) electrons. The van der Waals surface area contributed by atoms with Crippen LogP contribution >= 0.6 is 0 Å². The molecule has 1 aliphatic rings. The van der Waals surface area contributed by atoms with E-state index >= 15 is 0 Å². The Morgan fingerprint density at radius 2 is 1.76 bits per heavy atom. The van der Waals surface area contributed by atoms with E-state index in [4.69, 9.17) is 0 Å². The topological polar surface area (TPSA) is 53.4 Å². The summed E-state index contributed by atoms with van der Waals surface area (Å²) in [6.45, 7) is 0.682. The van der Waals surface area contributed by atoms with E-state index in [1.807, 2.05) is 24.3 Å². The van der Waals surface area contributed by atoms with E-state index in [0.29, 0.717) is 13.0 Å². The zero-order valence-electron chi connectivity index (χ0n) is 11.8. The molecule has 1 atom stereocenters. The van der Waals surface area contributed by atoms with Crippen molar-refractivity contribution in [3.8, 4) is 0 Å². The Balaban J connectivity index is 1.71. The summed E-state index contributed by atoms with van der Waals surface area (Å²) in [4.78, 5) is 17.7. The average Bonchev–Trinajstić information content (AvgIpc) is 2.90. The Labute approximate surface area is 124 Å². The molecule has 4 nitrogen and oxygen atoms in total. The molecule has 2 aromatic rings. The Bertz CT molecular complexity index is 610. The molecule has 1 saturated heterocycles. The van der Waals surface area contributed by atoms with Crippen molar-refractivity contribution >= 4 is 11.6 Å². The minimum Gasteiger partial charge on any atom is -0.396 e. The standard InChI is InChI=1S/C17H18N2O2/c20-12-15-10-17(21)19(11-15)16-3-1-13(2-4-16)9-14-5-7-18-8-6-14/h1-8,15,20H,9-12H2. The molecule has 0 spiro atoms. The smallest absolute Gasteiger partial charge is 0.227 e. The number of hydrogen-bond donors (Lipinski definition) is 1. The molecule has 3 rings (SSSR count). The van der Waals surface area contributed by atoms with Crippen LogP contribution in [-0.2, 0) is 11.2 Å². The van der Waals surface area contributed by atoms with E-state index in [-0.39, 0.29) is 18.4 Å². The maximum Gasteiger partial charge on any atom is 0.227 e. The third-order valence-electron chi connectivity index (χ3n) is 3.87. The summed E-state index contributed by atoms with van der Waals surface area (Å²) >= 11 is 0. The van der Waals surface area contributed by atoms with Gasteiger partial charge < -0.3 is 10.0 Å². The number of benzene rings is 1. The highest BCUT2D eigenvalue weighted by molar-refractivity contribution is 5.95. The van der Waals surface area contributed by atoms with Gasteiger partial charge in [0.1, 0.15) is 0 Å². The summed E-state index contributed by atoms with van der Waals surface area (Å²) in [7, 11) is 0. The molecule has 108 valence electrons. The van der Waals surface area contributed by atoms with Gasteiger partial charge in [-0.3, -0.25) is 9.78 Å². The molecule has 4 heteroatoms. The first-order chi connectivity index (χ1) is 10.3. The molecule has 2 heterocycles. The predicted octanol–water partition coefficient (Wildman–Crippen LogP) is 2.02. The van der Waals surface area contributed by atoms with Crippen molar-refractivity contribution in [1.82, 2.24) is 4.98 Å². The molecule has 1 unspecified atom stereocenters. The fraction of sp³-hybridized carbons (Fsp3) is 0.294. The second-order valence-corrected chi connectivity index (χ2v) is 5.46. The van der Waals surface area contributed by atoms with Crippen LogP contribution in [0.25, 0.3) is 0 Å². The van der Waals surface area contributed by atoms with E-state index in [9.17, 15) is 9.90 Å². The maximum absolute atomic E-state index is 11.9. The van der Waals surface area contributed by atoms with E-state index in [2.05, 4.69) is 17.1 Å². The summed E-state index contributed by atoms with van der Waals surface area (Å²) in [5, 5.41) is 9.17. The highest BCUT2D eigenvalue weighted by Crippen LogP contribution is 2.25. The highest BCUT2D eigenvalue weighted by atomic mass is 16.3. The van der Waals surface area contributed by atoms with Crippen molar-refractivity contribution in [2.24, 2.45) is 5.92 Å². The number of aliphatic hydroxyl groups excluding tert-OH is 1. The van der Waals surface area contributed by atoms with Crippen LogP contribution in [0.1, 0.15) is 17.5 Å². The van der Waals surface area contributed by atoms with Gasteiger partial charge in [-0.05, 0) is 41.8 Å². The Kier molecular flexibility index (Phi) is 3.97. The van der Waals surface area contributed by atoms with Crippen molar-refractivity contribution in [3.05, 3.63) is 59.9 Å². The second kappa shape index (κ2) is 6.06. The van der Waals surface area contributed by atoms with Crippen molar-refractivity contribution < 1.29 is 9.90 Å². The van der Waals surface area contributed by atoms with Crippen LogP contribution in [0.3, 0.4) is 0 Å². The number of rotatable bonds is 4. The monoisotopic (exact) mass is 282 g/mol. The Morgan fingerprint density at radius 3 is 2.38 bits per heavy atom. The fourth-order valence-corrected chi connectivity index (χ4v) is 2.68. The molecule has 0 bridgehead atoms. The van der Waals surface area contributed by atoms with Gasteiger partial charge in [-0.25, -0.2) is 0 Å². The number of pyridine rings is 1. The largest absolute Gasteiger partial charge is 0.396 e. The third kappa shape index (κ3) is 3.11. The first-order valence-electron chi connectivity index (χ1n) is 7.15. The minimum atomic E-state index is 0.0639. The number of aromatic nitrogens is 1. The van der Waals surface area contributed by atoms with Gasteiger partial charge in [-0.1, -0.05) is 12.1 Å². The van der Waals surface area contributed by atoms with Crippen LogP contribution in [0, 0.1) is 5.92 Å². The molecule has 1 aromatic heterocycles. The highest BCUT2D eigenvalue weighted by Gasteiger charge is 2.29. The quantitative estimate of drug-likeness (QED) is 0.933. The van der Waals surface area contributed by atoms with Crippen LogP contribution in [0.2, 0.25) is 0 Å². The number of amides is 1. The van der Waals surface area contributed by atoms with Crippen molar-refractivity contribution in [2.45, 2.75) is 12.8 Å². The predicted molar refractivity (Wildman–Crippen MR) is 81.0 cm³/mol. The number of anilines is 1. The lowest BCUT2D eigenvalue weighted by Gasteiger charge is -2.16. The minimum absolute atomic E-state index is 0.0639. The van der Waals surface area contributed by atoms with Gasteiger partial charge in [0.15, 0.2) is 0 Å². The third-order valence-corrected chi connectivity index (χ3v) is 3.87. The zero-order chi connectivity index (χ0) is 14.7. The first kappa shape index (κ1) is 13.8. The van der Waals surface area contributed by atoms with Gasteiger partial charge >= 0.3 is 0 Å². The molecule has 0 aliphatic carbocycles. The van der Waals surface area contributed by atoms with Gasteiger partial charge in [0.05, 0.1) is 0 Å². The van der Waals surface area contributed by atoms with Crippen LogP contribution in [0.5, 0.6) is 0 Å². The summed E-state index contributed by atoms with van der Waals surface area (Å²) in [6, 6.07) is 12.1. The molecule has 1 fully saturated rings. The molecular formula is C17H18N2O2. The summed E-state index contributed by atoms with van der Waals surface area (Å²) < 4.78 is 0. The van der Waals surface area contributed by atoms with Gasteiger partial charge in [0, 0.05) is 43.6 Å². The van der Waals surface area contributed by atoms with E-state index in [0.717, 1.165) is 12.1 Å². The number of carbonyl (C=O) groups is 1. The number of aliphatic hydroxyl groups is 1. The Hall–Kier alpha value is -2.20. The zero-order valence-corrected chi connectivity index (χ0v) is 11.8. The maximum atomic E-state index is 11.9. The molecule has 1 amide bonds. The van der Waals surface area contributed by atoms with Crippen molar-refractivity contribution in [3.63, 3.8) is 0 Å². The lowest BCUT2D eigenvalue weighted by Crippen LogP contribution is -2.24. The summed E-state index contributed by atoms with van der Waals surface area (Å²) in [5.41, 5.74) is 3.33. The number of hydrogen-bond acceptors (Lipinski definition) is 3. The second-order valence-electron chi connectivity index (χ2n) is 5.46. The first-order valence-corrected chi connectivity index (χ1v) is 7.15. The normalized spacial score (nSPS) is 18.2. The fourth-order valence-electron chi connectivity index (χ4n) is 2.68. The molecule has 1 aliphatic heterocycles. The number of carbonyl (C=O) groups excluding carboxylic acids is 1. The van der Waals surface area contributed by atoms with E-state index in [1.54, 1.807) is 17.3 Å². The van der Waals surface area contributed by atoms with Gasteiger partial charge in [-0.15, -0.1) is 0 Å². The molecule has 1 N–H and O–H groups in total. The SMILES string of the molecule is O=C1CC(CO)CN1c1ccc(Cc2ccncc2)cc1. The van der Waals surface area contributed by atoms with E-state index in [1.165, 1.54) is 11.1 Å². The van der Waals surface area contributed by atoms with E-state index < -0.39 is 0 Å². The lowest BCUT2D eigenvalue weighted by atomic mass is 10.1. The van der Waals surface area contributed by atoms with Crippen LogP contribution in [0.4, 0.5) is 5.69 Å². The lowest BCUT2D eigenvalue weighted by molar-refractivity contribution is -0.117. The molecule has 0 saturated carbocycles. The van der Waals surface area contributed by atoms with Crippen LogP contribution in [0.15, 0.2) is 48.8 Å². The van der Waals surface area contributed by atoms with Crippen molar-refractivity contribution in [1.29, 1.82) is 0 Å². The Morgan fingerprint density at radius 1 is 1.10 bits per heavy atom. The summed E-state index contributed by atoms with van der Waals surface area (Å²) in [5.74, 6) is 0.157. The molecular weight excluding hydrogens is 264 g/mol. The summed E-state index contributed by atoms with van der Waals surface area (Å²) in [6.07, 6.45) is 4.88. The average molecular weight is 282 g/mol. The van der Waals surface area contributed by atoms with Crippen LogP contribution < -0.4 is 4.90 Å². The van der Waals surface area contributed by atoms with Gasteiger partial charge in [0.2, 0.25) is 5.91 Å². The van der Waals surface area contributed by atoms with Crippen molar-refractivity contribution in [2.75, 3.05) is 18.1 Å². The molecule has 21 heavy (non-hydrogen) atoms. The van der Waals surface area contributed by atoms with Gasteiger partial charge in [-0.2, -0.15) is 0 Å².